The second kappa shape index (κ2) is 5.50. The highest BCUT2D eigenvalue weighted by Gasteiger charge is 2.20. The lowest BCUT2D eigenvalue weighted by atomic mass is 9.98. The average molecular weight is 285 g/mol. The Morgan fingerprint density at radius 1 is 1.00 bits per heavy atom. The number of rotatable bonds is 3. The van der Waals surface area contributed by atoms with Crippen LogP contribution in [0, 0.1) is 23.3 Å². The SMILES string of the molecule is COc1cccc(C(N)c2cc(F)c(F)c(F)c2)c1F. The maximum absolute atomic E-state index is 14.0. The number of hydrogen-bond acceptors (Lipinski definition) is 2. The van der Waals surface area contributed by atoms with Crippen molar-refractivity contribution in [2.75, 3.05) is 7.11 Å². The Kier molecular flexibility index (Phi) is 3.94. The van der Waals surface area contributed by atoms with Crippen molar-refractivity contribution in [3.05, 3.63) is 64.7 Å². The van der Waals surface area contributed by atoms with Gasteiger partial charge in [0.15, 0.2) is 29.0 Å². The third-order valence-electron chi connectivity index (χ3n) is 2.91. The summed E-state index contributed by atoms with van der Waals surface area (Å²) < 4.78 is 58.1. The second-order valence-electron chi connectivity index (χ2n) is 4.14. The van der Waals surface area contributed by atoms with Crippen LogP contribution in [0.3, 0.4) is 0 Å². The number of hydrogen-bond donors (Lipinski definition) is 1. The van der Waals surface area contributed by atoms with Gasteiger partial charge in [0.05, 0.1) is 13.2 Å². The zero-order valence-corrected chi connectivity index (χ0v) is 10.5. The molecule has 0 saturated heterocycles. The van der Waals surface area contributed by atoms with Crippen molar-refractivity contribution < 1.29 is 22.3 Å². The van der Waals surface area contributed by atoms with E-state index in [4.69, 9.17) is 10.5 Å². The molecule has 0 heterocycles. The van der Waals surface area contributed by atoms with Gasteiger partial charge in [-0.3, -0.25) is 0 Å². The predicted octanol–water partition coefficient (Wildman–Crippen LogP) is 3.30. The summed E-state index contributed by atoms with van der Waals surface area (Å²) in [5, 5.41) is 0. The van der Waals surface area contributed by atoms with Gasteiger partial charge in [0.2, 0.25) is 0 Å². The summed E-state index contributed by atoms with van der Waals surface area (Å²) in [5.74, 6) is -5.11. The number of ether oxygens (including phenoxy) is 1. The molecule has 0 bridgehead atoms. The standard InChI is InChI=1S/C14H11F4NO/c1-20-11-4-2-3-8(12(11)17)14(19)7-5-9(15)13(18)10(16)6-7/h2-6,14H,19H2,1H3. The van der Waals surface area contributed by atoms with E-state index in [1.54, 1.807) is 0 Å². The maximum Gasteiger partial charge on any atom is 0.194 e. The molecule has 0 spiro atoms. The van der Waals surface area contributed by atoms with E-state index in [-0.39, 0.29) is 16.9 Å². The van der Waals surface area contributed by atoms with Crippen LogP contribution in [0.25, 0.3) is 0 Å². The summed E-state index contributed by atoms with van der Waals surface area (Å²) in [5.41, 5.74) is 5.70. The van der Waals surface area contributed by atoms with Crippen molar-refractivity contribution in [3.8, 4) is 5.75 Å². The van der Waals surface area contributed by atoms with Gasteiger partial charge in [-0.25, -0.2) is 17.6 Å². The predicted molar refractivity (Wildman–Crippen MR) is 65.3 cm³/mol. The van der Waals surface area contributed by atoms with Crippen LogP contribution in [0.2, 0.25) is 0 Å². The first-order valence-corrected chi connectivity index (χ1v) is 5.68. The van der Waals surface area contributed by atoms with E-state index >= 15 is 0 Å². The van der Waals surface area contributed by atoms with Gasteiger partial charge >= 0.3 is 0 Å². The molecule has 0 amide bonds. The minimum atomic E-state index is -1.59. The molecule has 0 aromatic heterocycles. The molecule has 2 aromatic carbocycles. The lowest BCUT2D eigenvalue weighted by molar-refractivity contribution is 0.383. The van der Waals surface area contributed by atoms with Crippen molar-refractivity contribution in [1.82, 2.24) is 0 Å². The summed E-state index contributed by atoms with van der Waals surface area (Å²) >= 11 is 0. The molecule has 0 fully saturated rings. The zero-order valence-electron chi connectivity index (χ0n) is 10.5. The van der Waals surface area contributed by atoms with Crippen LogP contribution < -0.4 is 10.5 Å². The number of halogens is 4. The maximum atomic E-state index is 14.0. The van der Waals surface area contributed by atoms with Gasteiger partial charge < -0.3 is 10.5 Å². The van der Waals surface area contributed by atoms with Gasteiger partial charge in [0.1, 0.15) is 0 Å². The molecule has 2 rings (SSSR count). The van der Waals surface area contributed by atoms with Crippen molar-refractivity contribution in [1.29, 1.82) is 0 Å². The first kappa shape index (κ1) is 14.3. The molecule has 0 radical (unpaired) electrons. The highest BCUT2D eigenvalue weighted by Crippen LogP contribution is 2.29. The molecular formula is C14H11F4NO. The first-order chi connectivity index (χ1) is 9.45. The van der Waals surface area contributed by atoms with Crippen LogP contribution in [0.1, 0.15) is 17.2 Å². The average Bonchev–Trinajstić information content (AvgIpc) is 2.43. The number of nitrogens with two attached hydrogens (primary N) is 1. The molecule has 0 aliphatic heterocycles. The van der Waals surface area contributed by atoms with E-state index in [9.17, 15) is 17.6 Å². The Labute approximate surface area is 112 Å². The molecule has 0 aliphatic rings. The molecule has 1 unspecified atom stereocenters. The number of methoxy groups -OCH3 is 1. The van der Waals surface area contributed by atoms with Crippen molar-refractivity contribution in [2.45, 2.75) is 6.04 Å². The summed E-state index contributed by atoms with van der Waals surface area (Å²) in [6.07, 6.45) is 0. The Morgan fingerprint density at radius 3 is 2.15 bits per heavy atom. The molecule has 0 aliphatic carbocycles. The van der Waals surface area contributed by atoms with E-state index in [1.165, 1.54) is 25.3 Å². The largest absolute Gasteiger partial charge is 0.494 e. The van der Waals surface area contributed by atoms with Crippen LogP contribution in [0.5, 0.6) is 5.75 Å². The van der Waals surface area contributed by atoms with E-state index < -0.39 is 29.3 Å². The molecule has 1 atom stereocenters. The second-order valence-corrected chi connectivity index (χ2v) is 4.14. The third-order valence-corrected chi connectivity index (χ3v) is 2.91. The minimum absolute atomic E-state index is 0.00485. The van der Waals surface area contributed by atoms with Gasteiger partial charge in [-0.2, -0.15) is 0 Å². The van der Waals surface area contributed by atoms with Crippen LogP contribution in [-0.2, 0) is 0 Å². The van der Waals surface area contributed by atoms with E-state index in [2.05, 4.69) is 0 Å². The fraction of sp³-hybridized carbons (Fsp3) is 0.143. The highest BCUT2D eigenvalue weighted by molar-refractivity contribution is 5.38. The number of benzene rings is 2. The Balaban J connectivity index is 2.49. The lowest BCUT2D eigenvalue weighted by Crippen LogP contribution is -2.15. The quantitative estimate of drug-likeness (QED) is 0.693. The van der Waals surface area contributed by atoms with Crippen LogP contribution >= 0.6 is 0 Å². The summed E-state index contributed by atoms with van der Waals surface area (Å²) in [4.78, 5) is 0. The minimum Gasteiger partial charge on any atom is -0.494 e. The molecular weight excluding hydrogens is 274 g/mol. The van der Waals surface area contributed by atoms with E-state index in [0.29, 0.717) is 0 Å². The van der Waals surface area contributed by atoms with Crippen LogP contribution in [-0.4, -0.2) is 7.11 Å². The summed E-state index contributed by atoms with van der Waals surface area (Å²) in [6.45, 7) is 0. The molecule has 2 N–H and O–H groups in total. The smallest absolute Gasteiger partial charge is 0.194 e. The molecule has 20 heavy (non-hydrogen) atoms. The summed E-state index contributed by atoms with van der Waals surface area (Å²) in [6, 6.07) is 4.57. The highest BCUT2D eigenvalue weighted by atomic mass is 19.2. The fourth-order valence-electron chi connectivity index (χ4n) is 1.86. The van der Waals surface area contributed by atoms with Crippen molar-refractivity contribution >= 4 is 0 Å². The normalized spacial score (nSPS) is 12.3. The molecule has 2 aromatic rings. The Bertz CT molecular complexity index is 622. The molecule has 0 saturated carbocycles. The van der Waals surface area contributed by atoms with E-state index in [0.717, 1.165) is 12.1 Å². The molecule has 2 nitrogen and oxygen atoms in total. The molecule has 106 valence electrons. The molecule has 6 heteroatoms. The topological polar surface area (TPSA) is 35.2 Å². The van der Waals surface area contributed by atoms with Crippen LogP contribution in [0.15, 0.2) is 30.3 Å². The Hall–Kier alpha value is -2.08. The van der Waals surface area contributed by atoms with Crippen molar-refractivity contribution in [3.63, 3.8) is 0 Å². The van der Waals surface area contributed by atoms with Gasteiger partial charge in [-0.1, -0.05) is 12.1 Å². The Morgan fingerprint density at radius 2 is 1.60 bits per heavy atom. The summed E-state index contributed by atoms with van der Waals surface area (Å²) in [7, 11) is 1.28. The van der Waals surface area contributed by atoms with E-state index in [1.807, 2.05) is 0 Å². The van der Waals surface area contributed by atoms with Gasteiger partial charge in [-0.15, -0.1) is 0 Å². The fourth-order valence-corrected chi connectivity index (χ4v) is 1.86. The third kappa shape index (κ3) is 2.46. The van der Waals surface area contributed by atoms with Gasteiger partial charge in [-0.05, 0) is 23.8 Å². The lowest BCUT2D eigenvalue weighted by Gasteiger charge is -2.15. The van der Waals surface area contributed by atoms with Gasteiger partial charge in [0.25, 0.3) is 0 Å². The first-order valence-electron chi connectivity index (χ1n) is 5.68. The van der Waals surface area contributed by atoms with Crippen molar-refractivity contribution in [2.24, 2.45) is 5.73 Å². The monoisotopic (exact) mass is 285 g/mol. The van der Waals surface area contributed by atoms with Gasteiger partial charge in [0, 0.05) is 5.56 Å². The zero-order chi connectivity index (χ0) is 14.9. The van der Waals surface area contributed by atoms with Crippen LogP contribution in [0.4, 0.5) is 17.6 Å².